The van der Waals surface area contributed by atoms with Gasteiger partial charge in [-0.2, -0.15) is 11.3 Å². The minimum absolute atomic E-state index is 0.237. The molecule has 2 unspecified atom stereocenters. The Labute approximate surface area is 103 Å². The molecule has 0 bridgehead atoms. The molecule has 0 radical (unpaired) electrons. The fraction of sp³-hybridized carbons (Fsp3) is 0.692. The molecule has 0 fully saturated rings. The summed E-state index contributed by atoms with van der Waals surface area (Å²) in [5.74, 6) is 0.513. The highest BCUT2D eigenvalue weighted by Crippen LogP contribution is 2.26. The number of thiophene rings is 1. The van der Waals surface area contributed by atoms with Gasteiger partial charge in [0, 0.05) is 7.11 Å². The minimum Gasteiger partial charge on any atom is -0.379 e. The third-order valence-electron chi connectivity index (χ3n) is 2.77. The zero-order valence-corrected chi connectivity index (χ0v) is 11.5. The van der Waals surface area contributed by atoms with Crippen LogP contribution in [0, 0.1) is 5.92 Å². The molecule has 2 atom stereocenters. The first-order chi connectivity index (χ1) is 7.70. The summed E-state index contributed by atoms with van der Waals surface area (Å²) in [5.41, 5.74) is 1.35. The fourth-order valence-electron chi connectivity index (χ4n) is 1.97. The largest absolute Gasteiger partial charge is 0.379 e. The van der Waals surface area contributed by atoms with Crippen LogP contribution < -0.4 is 5.32 Å². The van der Waals surface area contributed by atoms with Gasteiger partial charge in [-0.1, -0.05) is 20.8 Å². The van der Waals surface area contributed by atoms with E-state index in [1.165, 1.54) is 5.56 Å². The molecule has 16 heavy (non-hydrogen) atoms. The van der Waals surface area contributed by atoms with Crippen LogP contribution in [0.1, 0.15) is 38.8 Å². The van der Waals surface area contributed by atoms with Gasteiger partial charge in [-0.3, -0.25) is 0 Å². The van der Waals surface area contributed by atoms with Gasteiger partial charge >= 0.3 is 0 Å². The van der Waals surface area contributed by atoms with E-state index in [1.807, 2.05) is 0 Å². The molecule has 0 aliphatic rings. The molecule has 3 heteroatoms. The summed E-state index contributed by atoms with van der Waals surface area (Å²) in [5, 5.41) is 7.92. The number of hydrogen-bond acceptors (Lipinski definition) is 3. The zero-order chi connectivity index (χ0) is 12.0. The summed E-state index contributed by atoms with van der Waals surface area (Å²) >= 11 is 1.75. The molecule has 1 N–H and O–H groups in total. The topological polar surface area (TPSA) is 21.3 Å². The maximum Gasteiger partial charge on any atom is 0.0789 e. The van der Waals surface area contributed by atoms with Gasteiger partial charge in [-0.05, 0) is 41.3 Å². The third-order valence-corrected chi connectivity index (χ3v) is 3.48. The maximum absolute atomic E-state index is 5.64. The molecule has 1 rings (SSSR count). The second kappa shape index (κ2) is 7.05. The molecule has 1 heterocycles. The molecule has 0 spiro atoms. The summed E-state index contributed by atoms with van der Waals surface area (Å²) in [6.45, 7) is 7.64. The monoisotopic (exact) mass is 241 g/mol. The molecule has 0 saturated carbocycles. The molecule has 0 aliphatic heterocycles. The quantitative estimate of drug-likeness (QED) is 0.789. The zero-order valence-electron chi connectivity index (χ0n) is 10.7. The molecule has 92 valence electrons. The predicted molar refractivity (Wildman–Crippen MR) is 71.0 cm³/mol. The van der Waals surface area contributed by atoms with Gasteiger partial charge in [0.1, 0.15) is 0 Å². The standard InChI is InChI=1S/C13H23NOS/c1-5-7-14-12(11-6-8-16-9-11)13(15-4)10(2)3/h6,8-10,12-14H,5,7H2,1-4H3. The molecule has 2 nitrogen and oxygen atoms in total. The van der Waals surface area contributed by atoms with Crippen molar-refractivity contribution in [3.8, 4) is 0 Å². The number of methoxy groups -OCH3 is 1. The van der Waals surface area contributed by atoms with E-state index in [9.17, 15) is 0 Å². The summed E-state index contributed by atoms with van der Waals surface area (Å²) in [4.78, 5) is 0. The Hall–Kier alpha value is -0.380. The van der Waals surface area contributed by atoms with Crippen LogP contribution in [0.5, 0.6) is 0 Å². The Morgan fingerprint density at radius 1 is 1.44 bits per heavy atom. The van der Waals surface area contributed by atoms with Crippen molar-refractivity contribution < 1.29 is 4.74 Å². The Morgan fingerprint density at radius 2 is 2.19 bits per heavy atom. The molecule has 0 amide bonds. The van der Waals surface area contributed by atoms with Crippen molar-refractivity contribution >= 4 is 11.3 Å². The predicted octanol–water partition coefficient (Wildman–Crippen LogP) is 3.46. The summed E-state index contributed by atoms with van der Waals surface area (Å²) in [7, 11) is 1.80. The van der Waals surface area contributed by atoms with Crippen LogP contribution in [0.4, 0.5) is 0 Å². The lowest BCUT2D eigenvalue weighted by atomic mass is 9.95. The van der Waals surface area contributed by atoms with Crippen molar-refractivity contribution in [2.45, 2.75) is 39.3 Å². The van der Waals surface area contributed by atoms with E-state index in [4.69, 9.17) is 4.74 Å². The highest BCUT2D eigenvalue weighted by molar-refractivity contribution is 7.07. The lowest BCUT2D eigenvalue weighted by Gasteiger charge is -2.29. The Kier molecular flexibility index (Phi) is 6.03. The van der Waals surface area contributed by atoms with Crippen LogP contribution >= 0.6 is 11.3 Å². The molecule has 0 saturated heterocycles. The van der Waals surface area contributed by atoms with Crippen LogP contribution in [0.2, 0.25) is 0 Å². The van der Waals surface area contributed by atoms with Crippen molar-refractivity contribution in [2.75, 3.05) is 13.7 Å². The maximum atomic E-state index is 5.64. The lowest BCUT2D eigenvalue weighted by Crippen LogP contribution is -2.36. The van der Waals surface area contributed by atoms with Gasteiger partial charge < -0.3 is 10.1 Å². The van der Waals surface area contributed by atoms with E-state index in [-0.39, 0.29) is 6.10 Å². The molecule has 0 aromatic carbocycles. The van der Waals surface area contributed by atoms with E-state index >= 15 is 0 Å². The SMILES string of the molecule is CCCNC(c1ccsc1)C(OC)C(C)C. The van der Waals surface area contributed by atoms with E-state index in [1.54, 1.807) is 18.4 Å². The summed E-state index contributed by atoms with van der Waals surface area (Å²) < 4.78 is 5.64. The summed E-state index contributed by atoms with van der Waals surface area (Å²) in [6.07, 6.45) is 1.39. The van der Waals surface area contributed by atoms with Gasteiger partial charge in [-0.15, -0.1) is 0 Å². The molecular formula is C13H23NOS. The van der Waals surface area contributed by atoms with E-state index in [0.29, 0.717) is 12.0 Å². The second-order valence-electron chi connectivity index (χ2n) is 4.43. The molecule has 1 aromatic heterocycles. The van der Waals surface area contributed by atoms with Crippen LogP contribution in [0.25, 0.3) is 0 Å². The van der Waals surface area contributed by atoms with Crippen LogP contribution in [0.3, 0.4) is 0 Å². The number of rotatable bonds is 7. The van der Waals surface area contributed by atoms with Crippen molar-refractivity contribution in [3.63, 3.8) is 0 Å². The van der Waals surface area contributed by atoms with Crippen molar-refractivity contribution in [3.05, 3.63) is 22.4 Å². The van der Waals surface area contributed by atoms with Gasteiger partial charge in [0.2, 0.25) is 0 Å². The highest BCUT2D eigenvalue weighted by atomic mass is 32.1. The van der Waals surface area contributed by atoms with E-state index in [0.717, 1.165) is 13.0 Å². The number of nitrogens with one attached hydrogen (secondary N) is 1. The Bertz CT molecular complexity index is 271. The first kappa shape index (κ1) is 13.7. The summed E-state index contributed by atoms with van der Waals surface area (Å²) in [6, 6.07) is 2.50. The molecular weight excluding hydrogens is 218 g/mol. The van der Waals surface area contributed by atoms with Crippen LogP contribution in [-0.2, 0) is 4.74 Å². The van der Waals surface area contributed by atoms with Gasteiger partial charge in [-0.25, -0.2) is 0 Å². The first-order valence-corrected chi connectivity index (χ1v) is 6.93. The third kappa shape index (κ3) is 3.58. The average Bonchev–Trinajstić information content (AvgIpc) is 2.76. The van der Waals surface area contributed by atoms with Crippen molar-refractivity contribution in [1.29, 1.82) is 0 Å². The van der Waals surface area contributed by atoms with Crippen LogP contribution in [-0.4, -0.2) is 19.8 Å². The lowest BCUT2D eigenvalue weighted by molar-refractivity contribution is 0.0328. The molecule has 1 aromatic rings. The fourth-order valence-corrected chi connectivity index (χ4v) is 2.67. The Morgan fingerprint density at radius 3 is 2.62 bits per heavy atom. The van der Waals surface area contributed by atoms with E-state index < -0.39 is 0 Å². The van der Waals surface area contributed by atoms with Gasteiger partial charge in [0.15, 0.2) is 0 Å². The normalized spacial score (nSPS) is 15.3. The van der Waals surface area contributed by atoms with Crippen LogP contribution in [0.15, 0.2) is 16.8 Å². The highest BCUT2D eigenvalue weighted by Gasteiger charge is 2.25. The average molecular weight is 241 g/mol. The number of ether oxygens (including phenoxy) is 1. The smallest absolute Gasteiger partial charge is 0.0789 e. The second-order valence-corrected chi connectivity index (χ2v) is 5.21. The first-order valence-electron chi connectivity index (χ1n) is 5.99. The minimum atomic E-state index is 0.237. The Balaban J connectivity index is 2.77. The van der Waals surface area contributed by atoms with Crippen molar-refractivity contribution in [1.82, 2.24) is 5.32 Å². The van der Waals surface area contributed by atoms with Crippen molar-refractivity contribution in [2.24, 2.45) is 5.92 Å². The van der Waals surface area contributed by atoms with Gasteiger partial charge in [0.25, 0.3) is 0 Å². The van der Waals surface area contributed by atoms with Gasteiger partial charge in [0.05, 0.1) is 12.1 Å². The van der Waals surface area contributed by atoms with E-state index in [2.05, 4.69) is 42.9 Å². The number of hydrogen-bond donors (Lipinski definition) is 1. The molecule has 0 aliphatic carbocycles.